The summed E-state index contributed by atoms with van der Waals surface area (Å²) in [7, 11) is 0. The van der Waals surface area contributed by atoms with E-state index in [-0.39, 0.29) is 0 Å². The maximum absolute atomic E-state index is 5.99. The number of aryl methyl sites for hydroxylation is 1. The van der Waals surface area contributed by atoms with E-state index in [0.29, 0.717) is 18.6 Å². The molecule has 1 saturated heterocycles. The molecule has 1 aromatic carbocycles. The van der Waals surface area contributed by atoms with Gasteiger partial charge < -0.3 is 10.5 Å². The molecule has 2 unspecified atom stereocenters. The zero-order valence-electron chi connectivity index (χ0n) is 11.4. The number of hydrogen-bond acceptors (Lipinski definition) is 3. The zero-order valence-corrected chi connectivity index (χ0v) is 11.4. The molecule has 3 nitrogen and oxygen atoms in total. The molecule has 0 aromatic heterocycles. The van der Waals surface area contributed by atoms with Crippen LogP contribution < -0.4 is 5.73 Å². The minimum Gasteiger partial charge on any atom is -0.379 e. The third-order valence-electron chi connectivity index (χ3n) is 3.82. The molecule has 100 valence electrons. The van der Waals surface area contributed by atoms with Crippen LogP contribution in [-0.2, 0) is 11.2 Å². The molecule has 1 aliphatic rings. The van der Waals surface area contributed by atoms with Crippen LogP contribution in [0.2, 0.25) is 0 Å². The largest absolute Gasteiger partial charge is 0.379 e. The fraction of sp³-hybridized carbons (Fsp3) is 0.600. The summed E-state index contributed by atoms with van der Waals surface area (Å²) < 4.78 is 5.50. The molecule has 0 radical (unpaired) electrons. The van der Waals surface area contributed by atoms with Gasteiger partial charge in [0.1, 0.15) is 0 Å². The minimum absolute atomic E-state index is 0.315. The van der Waals surface area contributed by atoms with Crippen molar-refractivity contribution in [1.82, 2.24) is 4.90 Å². The maximum Gasteiger partial charge on any atom is 0.0620 e. The van der Waals surface area contributed by atoms with Crippen molar-refractivity contribution in [2.24, 2.45) is 5.73 Å². The van der Waals surface area contributed by atoms with Crippen LogP contribution in [0.3, 0.4) is 0 Å². The van der Waals surface area contributed by atoms with Crippen molar-refractivity contribution in [3.8, 4) is 0 Å². The monoisotopic (exact) mass is 248 g/mol. The SMILES string of the molecule is CCc1ccc(C(CN)N2CCOCC2C)cc1. The predicted molar refractivity (Wildman–Crippen MR) is 74.6 cm³/mol. The Morgan fingerprint density at radius 3 is 2.67 bits per heavy atom. The van der Waals surface area contributed by atoms with Crippen LogP contribution in [-0.4, -0.2) is 37.2 Å². The van der Waals surface area contributed by atoms with Gasteiger partial charge in [0.2, 0.25) is 0 Å². The van der Waals surface area contributed by atoms with Crippen molar-refractivity contribution in [1.29, 1.82) is 0 Å². The molecule has 0 aliphatic carbocycles. The highest BCUT2D eigenvalue weighted by molar-refractivity contribution is 5.25. The number of hydrogen-bond donors (Lipinski definition) is 1. The number of morpholine rings is 1. The Bertz CT molecular complexity index is 363. The molecule has 1 aromatic rings. The van der Waals surface area contributed by atoms with Gasteiger partial charge in [0.15, 0.2) is 0 Å². The van der Waals surface area contributed by atoms with Gasteiger partial charge in [-0.3, -0.25) is 4.90 Å². The second-order valence-electron chi connectivity index (χ2n) is 5.01. The molecule has 2 atom stereocenters. The molecule has 18 heavy (non-hydrogen) atoms. The van der Waals surface area contributed by atoms with Crippen LogP contribution in [0, 0.1) is 0 Å². The molecular formula is C15H24N2O. The Morgan fingerprint density at radius 2 is 2.11 bits per heavy atom. The van der Waals surface area contributed by atoms with E-state index in [9.17, 15) is 0 Å². The quantitative estimate of drug-likeness (QED) is 0.885. The number of rotatable bonds is 4. The van der Waals surface area contributed by atoms with Crippen LogP contribution in [0.4, 0.5) is 0 Å². The molecule has 3 heteroatoms. The summed E-state index contributed by atoms with van der Waals surface area (Å²) in [5, 5.41) is 0. The fourth-order valence-electron chi connectivity index (χ4n) is 2.64. The topological polar surface area (TPSA) is 38.5 Å². The standard InChI is InChI=1S/C15H24N2O/c1-3-13-4-6-14(7-5-13)15(10-16)17-8-9-18-11-12(17)2/h4-7,12,15H,3,8-11,16H2,1-2H3. The first-order valence-electron chi connectivity index (χ1n) is 6.88. The van der Waals surface area contributed by atoms with Crippen molar-refractivity contribution in [3.05, 3.63) is 35.4 Å². The average Bonchev–Trinajstić information content (AvgIpc) is 2.42. The number of ether oxygens (including phenoxy) is 1. The van der Waals surface area contributed by atoms with Gasteiger partial charge in [0, 0.05) is 25.2 Å². The average molecular weight is 248 g/mol. The lowest BCUT2D eigenvalue weighted by Gasteiger charge is -2.39. The number of nitrogens with zero attached hydrogens (tertiary/aromatic N) is 1. The van der Waals surface area contributed by atoms with Gasteiger partial charge in [-0.2, -0.15) is 0 Å². The fourth-order valence-corrected chi connectivity index (χ4v) is 2.64. The summed E-state index contributed by atoms with van der Waals surface area (Å²) in [5.74, 6) is 0. The summed E-state index contributed by atoms with van der Waals surface area (Å²) in [6.07, 6.45) is 1.08. The van der Waals surface area contributed by atoms with E-state index in [2.05, 4.69) is 43.0 Å². The summed E-state index contributed by atoms with van der Waals surface area (Å²) in [6.45, 7) is 7.65. The molecule has 0 saturated carbocycles. The van der Waals surface area contributed by atoms with Gasteiger partial charge in [0.05, 0.1) is 13.2 Å². The lowest BCUT2D eigenvalue weighted by molar-refractivity contribution is -0.0209. The molecule has 0 spiro atoms. The Balaban J connectivity index is 2.15. The predicted octanol–water partition coefficient (Wildman–Crippen LogP) is 1.97. The molecule has 0 bridgehead atoms. The Hall–Kier alpha value is -0.900. The third-order valence-corrected chi connectivity index (χ3v) is 3.82. The van der Waals surface area contributed by atoms with E-state index < -0.39 is 0 Å². The highest BCUT2D eigenvalue weighted by Crippen LogP contribution is 2.24. The molecule has 1 fully saturated rings. The van der Waals surface area contributed by atoms with E-state index in [1.165, 1.54) is 11.1 Å². The summed E-state index contributed by atoms with van der Waals surface area (Å²) in [5.41, 5.74) is 8.69. The number of benzene rings is 1. The third kappa shape index (κ3) is 2.91. The van der Waals surface area contributed by atoms with Crippen LogP contribution in [0.1, 0.15) is 31.0 Å². The van der Waals surface area contributed by atoms with E-state index in [1.807, 2.05) is 0 Å². The van der Waals surface area contributed by atoms with Crippen molar-refractivity contribution in [2.45, 2.75) is 32.4 Å². The molecule has 0 amide bonds. The smallest absolute Gasteiger partial charge is 0.0620 e. The van der Waals surface area contributed by atoms with E-state index in [1.54, 1.807) is 0 Å². The molecule has 1 heterocycles. The molecule has 1 aliphatic heterocycles. The lowest BCUT2D eigenvalue weighted by atomic mass is 10.0. The normalized spacial score (nSPS) is 22.9. The van der Waals surface area contributed by atoms with Gasteiger partial charge >= 0.3 is 0 Å². The first-order valence-corrected chi connectivity index (χ1v) is 6.88. The van der Waals surface area contributed by atoms with Crippen molar-refractivity contribution in [3.63, 3.8) is 0 Å². The molecule has 2 rings (SSSR count). The van der Waals surface area contributed by atoms with Crippen LogP contribution >= 0.6 is 0 Å². The number of nitrogens with two attached hydrogens (primary N) is 1. The minimum atomic E-state index is 0.315. The second kappa shape index (κ2) is 6.32. The van der Waals surface area contributed by atoms with Gasteiger partial charge in [-0.1, -0.05) is 31.2 Å². The highest BCUT2D eigenvalue weighted by Gasteiger charge is 2.26. The van der Waals surface area contributed by atoms with Crippen molar-refractivity contribution >= 4 is 0 Å². The van der Waals surface area contributed by atoms with E-state index >= 15 is 0 Å². The lowest BCUT2D eigenvalue weighted by Crippen LogP contribution is -2.47. The van der Waals surface area contributed by atoms with Gasteiger partial charge in [-0.15, -0.1) is 0 Å². The first kappa shape index (κ1) is 13.5. The Morgan fingerprint density at radius 1 is 1.39 bits per heavy atom. The summed E-state index contributed by atoms with van der Waals surface area (Å²) in [6, 6.07) is 9.62. The van der Waals surface area contributed by atoms with Gasteiger partial charge in [0.25, 0.3) is 0 Å². The van der Waals surface area contributed by atoms with Crippen molar-refractivity contribution in [2.75, 3.05) is 26.3 Å². The van der Waals surface area contributed by atoms with Crippen molar-refractivity contribution < 1.29 is 4.74 Å². The Kier molecular flexibility index (Phi) is 4.75. The van der Waals surface area contributed by atoms with E-state index in [0.717, 1.165) is 26.2 Å². The highest BCUT2D eigenvalue weighted by atomic mass is 16.5. The zero-order chi connectivity index (χ0) is 13.0. The maximum atomic E-state index is 5.99. The molecular weight excluding hydrogens is 224 g/mol. The van der Waals surface area contributed by atoms with Gasteiger partial charge in [-0.05, 0) is 24.5 Å². The van der Waals surface area contributed by atoms with Crippen LogP contribution in [0.15, 0.2) is 24.3 Å². The molecule has 2 N–H and O–H groups in total. The van der Waals surface area contributed by atoms with E-state index in [4.69, 9.17) is 10.5 Å². The summed E-state index contributed by atoms with van der Waals surface area (Å²) in [4.78, 5) is 2.46. The second-order valence-corrected chi connectivity index (χ2v) is 5.01. The Labute approximate surface area is 110 Å². The van der Waals surface area contributed by atoms with Crippen LogP contribution in [0.5, 0.6) is 0 Å². The van der Waals surface area contributed by atoms with Crippen LogP contribution in [0.25, 0.3) is 0 Å². The first-order chi connectivity index (χ1) is 8.76. The van der Waals surface area contributed by atoms with Gasteiger partial charge in [-0.25, -0.2) is 0 Å². The summed E-state index contributed by atoms with van der Waals surface area (Å²) >= 11 is 0.